The second kappa shape index (κ2) is 3.38. The van der Waals surface area contributed by atoms with Gasteiger partial charge in [-0.15, -0.1) is 0 Å². The molecule has 1 rings (SSSR count). The van der Waals surface area contributed by atoms with Gasteiger partial charge < -0.3 is 11.5 Å². The quantitative estimate of drug-likeness (QED) is 0.610. The first-order valence-electron chi connectivity index (χ1n) is 3.02. The molecule has 0 bridgehead atoms. The zero-order chi connectivity index (χ0) is 9.30. The molecule has 0 aliphatic carbocycles. The molecule has 0 unspecified atom stereocenters. The number of halogens is 3. The second-order valence-electron chi connectivity index (χ2n) is 2.14. The van der Waals surface area contributed by atoms with E-state index in [4.69, 9.17) is 11.5 Å². The maximum Gasteiger partial charge on any atom is 0.267 e. The lowest BCUT2D eigenvalue weighted by molar-refractivity contribution is 0.152. The summed E-state index contributed by atoms with van der Waals surface area (Å²) >= 11 is 1.83. The molecule has 0 aromatic carbocycles. The number of nitrogens with zero attached hydrogens (tertiary/aromatic N) is 1. The van der Waals surface area contributed by atoms with E-state index >= 15 is 0 Å². The van der Waals surface area contributed by atoms with E-state index in [1.807, 2.05) is 22.6 Å². The van der Waals surface area contributed by atoms with Crippen LogP contribution in [0.25, 0.3) is 0 Å². The van der Waals surface area contributed by atoms with Gasteiger partial charge in [0.15, 0.2) is 0 Å². The Balaban J connectivity index is 3.23. The monoisotopic (exact) mass is 285 g/mol. The van der Waals surface area contributed by atoms with Crippen LogP contribution in [-0.4, -0.2) is 4.98 Å². The SMILES string of the molecule is Nc1cc(C(F)F)c(N)nc1I. The number of alkyl halides is 2. The number of pyridine rings is 1. The minimum atomic E-state index is -2.63. The predicted octanol–water partition coefficient (Wildman–Crippen LogP) is 1.79. The Morgan fingerprint density at radius 1 is 1.42 bits per heavy atom. The first-order valence-corrected chi connectivity index (χ1v) is 4.09. The van der Waals surface area contributed by atoms with Gasteiger partial charge in [-0.25, -0.2) is 13.8 Å². The van der Waals surface area contributed by atoms with Crippen molar-refractivity contribution in [3.8, 4) is 0 Å². The van der Waals surface area contributed by atoms with Crippen molar-refractivity contribution in [1.82, 2.24) is 4.98 Å². The Bertz CT molecular complexity index is 303. The molecule has 1 heterocycles. The molecule has 0 atom stereocenters. The van der Waals surface area contributed by atoms with Crippen molar-refractivity contribution in [2.75, 3.05) is 11.5 Å². The minimum absolute atomic E-state index is 0.163. The molecule has 6 heteroatoms. The van der Waals surface area contributed by atoms with Crippen LogP contribution in [0.4, 0.5) is 20.3 Å². The van der Waals surface area contributed by atoms with Crippen molar-refractivity contribution >= 4 is 34.1 Å². The lowest BCUT2D eigenvalue weighted by atomic mass is 10.2. The van der Waals surface area contributed by atoms with Gasteiger partial charge in [-0.3, -0.25) is 0 Å². The molecule has 4 N–H and O–H groups in total. The van der Waals surface area contributed by atoms with E-state index < -0.39 is 6.43 Å². The summed E-state index contributed by atoms with van der Waals surface area (Å²) in [6, 6.07) is 1.15. The fourth-order valence-electron chi connectivity index (χ4n) is 0.711. The van der Waals surface area contributed by atoms with Gasteiger partial charge in [-0.2, -0.15) is 0 Å². The average molecular weight is 285 g/mol. The maximum atomic E-state index is 12.2. The lowest BCUT2D eigenvalue weighted by Gasteiger charge is -2.05. The number of anilines is 2. The normalized spacial score (nSPS) is 10.7. The molecule has 0 spiro atoms. The Morgan fingerprint density at radius 3 is 2.50 bits per heavy atom. The molecule has 0 fully saturated rings. The predicted molar refractivity (Wildman–Crippen MR) is 50.7 cm³/mol. The van der Waals surface area contributed by atoms with Gasteiger partial charge >= 0.3 is 0 Å². The number of rotatable bonds is 1. The van der Waals surface area contributed by atoms with Crippen molar-refractivity contribution in [3.05, 3.63) is 15.3 Å². The number of aromatic nitrogens is 1. The van der Waals surface area contributed by atoms with Crippen LogP contribution in [0.5, 0.6) is 0 Å². The van der Waals surface area contributed by atoms with Crippen molar-refractivity contribution in [3.63, 3.8) is 0 Å². The first-order chi connectivity index (χ1) is 5.52. The van der Waals surface area contributed by atoms with Gasteiger partial charge in [-0.1, -0.05) is 0 Å². The zero-order valence-corrected chi connectivity index (χ0v) is 8.05. The van der Waals surface area contributed by atoms with Crippen LogP contribution in [-0.2, 0) is 0 Å². The van der Waals surface area contributed by atoms with Gasteiger partial charge in [0.1, 0.15) is 9.52 Å². The highest BCUT2D eigenvalue weighted by Crippen LogP contribution is 2.27. The molecule has 3 nitrogen and oxygen atoms in total. The summed E-state index contributed by atoms with van der Waals surface area (Å²) < 4.78 is 24.8. The van der Waals surface area contributed by atoms with Crippen LogP contribution in [0.1, 0.15) is 12.0 Å². The van der Waals surface area contributed by atoms with Gasteiger partial charge in [0.25, 0.3) is 6.43 Å². The molecule has 12 heavy (non-hydrogen) atoms. The standard InChI is InChI=1S/C6H6F2IN3/c7-4(8)2-1-3(10)5(9)12-6(2)11/h1,4H,10H2,(H2,11,12). The third-order valence-electron chi connectivity index (χ3n) is 1.30. The minimum Gasteiger partial charge on any atom is -0.397 e. The topological polar surface area (TPSA) is 64.9 Å². The fourth-order valence-corrected chi connectivity index (χ4v) is 1.13. The van der Waals surface area contributed by atoms with Crippen LogP contribution < -0.4 is 11.5 Å². The number of nitrogens with two attached hydrogens (primary N) is 2. The Morgan fingerprint density at radius 2 is 2.00 bits per heavy atom. The summed E-state index contributed by atoms with van der Waals surface area (Å²) in [5.74, 6) is -0.163. The highest BCUT2D eigenvalue weighted by Gasteiger charge is 2.14. The molecule has 0 amide bonds. The van der Waals surface area contributed by atoms with Crippen molar-refractivity contribution in [1.29, 1.82) is 0 Å². The molecule has 0 aliphatic heterocycles. The summed E-state index contributed by atoms with van der Waals surface area (Å²) in [7, 11) is 0. The fraction of sp³-hybridized carbons (Fsp3) is 0.167. The van der Waals surface area contributed by atoms with Gasteiger partial charge in [0.2, 0.25) is 0 Å². The van der Waals surface area contributed by atoms with Crippen molar-refractivity contribution in [2.45, 2.75) is 6.43 Å². The second-order valence-corrected chi connectivity index (χ2v) is 3.17. The van der Waals surface area contributed by atoms with Crippen LogP contribution in [0.15, 0.2) is 6.07 Å². The largest absolute Gasteiger partial charge is 0.397 e. The van der Waals surface area contributed by atoms with E-state index in [1.165, 1.54) is 0 Å². The van der Waals surface area contributed by atoms with Gasteiger partial charge in [0.05, 0.1) is 11.3 Å². The average Bonchev–Trinajstić information content (AvgIpc) is 1.96. The maximum absolute atomic E-state index is 12.2. The van der Waals surface area contributed by atoms with Gasteiger partial charge in [0, 0.05) is 0 Å². The highest BCUT2D eigenvalue weighted by atomic mass is 127. The Hall–Kier alpha value is -0.660. The number of nitrogen functional groups attached to an aromatic ring is 2. The molecule has 66 valence electrons. The molecule has 0 radical (unpaired) electrons. The molecule has 0 aliphatic rings. The summed E-state index contributed by atoms with van der Waals surface area (Å²) in [5.41, 5.74) is 10.5. The van der Waals surface area contributed by atoms with E-state index in [1.54, 1.807) is 0 Å². The summed E-state index contributed by atoms with van der Waals surface area (Å²) in [6.45, 7) is 0. The summed E-state index contributed by atoms with van der Waals surface area (Å²) in [4.78, 5) is 3.65. The van der Waals surface area contributed by atoms with Crippen molar-refractivity contribution in [2.24, 2.45) is 0 Å². The first kappa shape index (κ1) is 9.43. The third kappa shape index (κ3) is 1.74. The van der Waals surface area contributed by atoms with E-state index in [9.17, 15) is 8.78 Å². The summed E-state index contributed by atoms with van der Waals surface area (Å²) in [6.07, 6.45) is -2.63. The molecular weight excluding hydrogens is 279 g/mol. The van der Waals surface area contributed by atoms with Crippen molar-refractivity contribution < 1.29 is 8.78 Å². The van der Waals surface area contributed by atoms with E-state index in [2.05, 4.69) is 4.98 Å². The highest BCUT2D eigenvalue weighted by molar-refractivity contribution is 14.1. The van der Waals surface area contributed by atoms with Crippen LogP contribution in [0.2, 0.25) is 0 Å². The molecule has 1 aromatic heterocycles. The zero-order valence-electron chi connectivity index (χ0n) is 5.89. The summed E-state index contributed by atoms with van der Waals surface area (Å²) in [5, 5.41) is 0. The third-order valence-corrected chi connectivity index (χ3v) is 2.16. The smallest absolute Gasteiger partial charge is 0.267 e. The van der Waals surface area contributed by atoms with Crippen LogP contribution in [0.3, 0.4) is 0 Å². The van der Waals surface area contributed by atoms with Crippen LogP contribution >= 0.6 is 22.6 Å². The number of hydrogen-bond donors (Lipinski definition) is 2. The lowest BCUT2D eigenvalue weighted by Crippen LogP contribution is -2.03. The van der Waals surface area contributed by atoms with Crippen LogP contribution in [0, 0.1) is 3.70 Å². The van der Waals surface area contributed by atoms with E-state index in [-0.39, 0.29) is 17.1 Å². The van der Waals surface area contributed by atoms with E-state index in [0.717, 1.165) is 6.07 Å². The Labute approximate surface area is 81.3 Å². The Kier molecular flexibility index (Phi) is 2.65. The molecule has 0 saturated carbocycles. The van der Waals surface area contributed by atoms with Gasteiger partial charge in [-0.05, 0) is 28.7 Å². The number of hydrogen-bond acceptors (Lipinski definition) is 3. The molecular formula is C6H6F2IN3. The molecule has 0 saturated heterocycles. The van der Waals surface area contributed by atoms with E-state index in [0.29, 0.717) is 3.70 Å². The molecule has 1 aromatic rings.